The van der Waals surface area contributed by atoms with Crippen LogP contribution in [0.5, 0.6) is 0 Å². The Bertz CT molecular complexity index is 1310. The van der Waals surface area contributed by atoms with Crippen LogP contribution in [0.4, 0.5) is 22.7 Å². The Labute approximate surface area is 221 Å². The van der Waals surface area contributed by atoms with Gasteiger partial charge in [0.2, 0.25) is 5.95 Å². The predicted octanol–water partition coefficient (Wildman–Crippen LogP) is 4.01. The van der Waals surface area contributed by atoms with Crippen LogP contribution in [0.1, 0.15) is 41.7 Å². The van der Waals surface area contributed by atoms with Gasteiger partial charge >= 0.3 is 5.97 Å². The maximum Gasteiger partial charge on any atom is 0.350 e. The van der Waals surface area contributed by atoms with Crippen molar-refractivity contribution in [2.75, 3.05) is 42.0 Å². The molecule has 13 heteroatoms. The first-order chi connectivity index (χ1) is 17.5. The molecule has 0 spiro atoms. The molecule has 3 aromatic rings. The van der Waals surface area contributed by atoms with Crippen LogP contribution in [-0.2, 0) is 25.9 Å². The fourth-order valence-corrected chi connectivity index (χ4v) is 4.62. The van der Waals surface area contributed by atoms with Gasteiger partial charge in [0.05, 0.1) is 29.9 Å². The molecule has 0 saturated heterocycles. The molecule has 0 fully saturated rings. The lowest BCUT2D eigenvalue weighted by Gasteiger charge is -2.13. The number of aryl methyl sites for hydroxylation is 1. The lowest BCUT2D eigenvalue weighted by molar-refractivity contribution is 0.0531. The lowest BCUT2D eigenvalue weighted by atomic mass is 10.2. The Balaban J connectivity index is 1.77. The van der Waals surface area contributed by atoms with Crippen molar-refractivity contribution in [2.45, 2.75) is 45.2 Å². The van der Waals surface area contributed by atoms with Gasteiger partial charge in [-0.25, -0.2) is 18.2 Å². The van der Waals surface area contributed by atoms with Crippen molar-refractivity contribution in [3.63, 3.8) is 0 Å². The Kier molecular flexibility index (Phi) is 9.78. The van der Waals surface area contributed by atoms with Gasteiger partial charge in [0.1, 0.15) is 16.5 Å². The minimum atomic E-state index is -3.26. The van der Waals surface area contributed by atoms with Crippen LogP contribution in [0.15, 0.2) is 35.2 Å². The van der Waals surface area contributed by atoms with Crippen LogP contribution in [0.25, 0.3) is 0 Å². The molecule has 0 amide bonds. The lowest BCUT2D eigenvalue weighted by Crippen LogP contribution is -2.15. The summed E-state index contributed by atoms with van der Waals surface area (Å²) in [5.74, 6) is 0.972. The number of sulfone groups is 1. The summed E-state index contributed by atoms with van der Waals surface area (Å²) >= 11 is 1.17. The van der Waals surface area contributed by atoms with Crippen molar-refractivity contribution in [2.24, 2.45) is 0 Å². The average Bonchev–Trinajstić information content (AvgIpc) is 3.20. The maximum absolute atomic E-state index is 12.2. The zero-order valence-corrected chi connectivity index (χ0v) is 23.1. The number of aromatic nitrogens is 3. The summed E-state index contributed by atoms with van der Waals surface area (Å²) in [6.45, 7) is 9.18. The fourth-order valence-electron chi connectivity index (χ4n) is 3.14. The minimum Gasteiger partial charge on any atom is -0.462 e. The first kappa shape index (κ1) is 28.3. The first-order valence-corrected chi connectivity index (χ1v) is 14.4. The van der Waals surface area contributed by atoms with E-state index in [0.29, 0.717) is 47.0 Å². The Morgan fingerprint density at radius 1 is 1.08 bits per heavy atom. The number of rotatable bonds is 13. The summed E-state index contributed by atoms with van der Waals surface area (Å²) < 4.78 is 34.1. The summed E-state index contributed by atoms with van der Waals surface area (Å²) in [7, 11) is -3.26. The van der Waals surface area contributed by atoms with Crippen molar-refractivity contribution in [3.05, 3.63) is 46.5 Å². The van der Waals surface area contributed by atoms with Crippen molar-refractivity contribution in [1.29, 1.82) is 0 Å². The summed E-state index contributed by atoms with van der Waals surface area (Å²) in [4.78, 5) is 26.3. The number of nitrogens with zero attached hydrogens (tertiary/aromatic N) is 3. The third-order valence-electron chi connectivity index (χ3n) is 4.89. The Hall–Kier alpha value is -3.29. The quantitative estimate of drug-likeness (QED) is 0.210. The molecule has 37 heavy (non-hydrogen) atoms. The molecule has 0 saturated carbocycles. The monoisotopic (exact) mass is 548 g/mol. The normalized spacial score (nSPS) is 11.4. The highest BCUT2D eigenvalue weighted by Crippen LogP contribution is 2.26. The molecule has 0 aliphatic rings. The highest BCUT2D eigenvalue weighted by atomic mass is 32.2. The molecule has 3 rings (SSSR count). The molecule has 0 atom stereocenters. The second-order valence-corrected chi connectivity index (χ2v) is 11.4. The average molecular weight is 549 g/mol. The van der Waals surface area contributed by atoms with E-state index in [1.165, 1.54) is 17.6 Å². The standard InChI is InChI=1S/C24H32N6O5S2/c1-6-34-22(31)21-16(4)27-24(36-21)30-23-28-19(25-11-12-35-15(2)3)13-20(29-23)26-14-17-7-9-18(10-8-17)37(5,32)33/h7-10,13,15H,6,11-12,14H2,1-5H3,(H3,25,26,27,28,29,30). The van der Waals surface area contributed by atoms with Gasteiger partial charge in [-0.2, -0.15) is 9.97 Å². The van der Waals surface area contributed by atoms with Gasteiger partial charge in [-0.3, -0.25) is 5.32 Å². The molecule has 0 unspecified atom stereocenters. The van der Waals surface area contributed by atoms with E-state index in [0.717, 1.165) is 5.56 Å². The molecule has 0 bridgehead atoms. The topological polar surface area (TPSA) is 144 Å². The van der Waals surface area contributed by atoms with E-state index >= 15 is 0 Å². The zero-order valence-electron chi connectivity index (χ0n) is 21.5. The van der Waals surface area contributed by atoms with Gasteiger partial charge in [0, 0.05) is 25.4 Å². The van der Waals surface area contributed by atoms with E-state index in [-0.39, 0.29) is 23.6 Å². The molecule has 0 aliphatic heterocycles. The molecule has 2 heterocycles. The second kappa shape index (κ2) is 12.8. The number of carbonyl (C=O) groups excluding carboxylic acids is 1. The number of hydrogen-bond donors (Lipinski definition) is 3. The summed E-state index contributed by atoms with van der Waals surface area (Å²) in [6, 6.07) is 8.42. The molecule has 0 radical (unpaired) electrons. The number of nitrogens with one attached hydrogen (secondary N) is 3. The number of esters is 1. The summed E-state index contributed by atoms with van der Waals surface area (Å²) in [6.07, 6.45) is 1.30. The van der Waals surface area contributed by atoms with Gasteiger partial charge in [-0.05, 0) is 45.4 Å². The number of thiazole rings is 1. The second-order valence-electron chi connectivity index (χ2n) is 8.36. The van der Waals surface area contributed by atoms with E-state index in [1.807, 2.05) is 13.8 Å². The number of ether oxygens (including phenoxy) is 2. The van der Waals surface area contributed by atoms with E-state index < -0.39 is 15.8 Å². The fraction of sp³-hybridized carbons (Fsp3) is 0.417. The largest absolute Gasteiger partial charge is 0.462 e. The van der Waals surface area contributed by atoms with Crippen LogP contribution >= 0.6 is 11.3 Å². The summed E-state index contributed by atoms with van der Waals surface area (Å²) in [5, 5.41) is 10.0. The van der Waals surface area contributed by atoms with Crippen LogP contribution in [0.2, 0.25) is 0 Å². The number of anilines is 4. The third kappa shape index (κ3) is 8.65. The molecular formula is C24H32N6O5S2. The third-order valence-corrected chi connectivity index (χ3v) is 7.07. The predicted molar refractivity (Wildman–Crippen MR) is 145 cm³/mol. The highest BCUT2D eigenvalue weighted by molar-refractivity contribution is 7.90. The van der Waals surface area contributed by atoms with Gasteiger partial charge in [-0.1, -0.05) is 23.5 Å². The Morgan fingerprint density at radius 3 is 2.38 bits per heavy atom. The maximum atomic E-state index is 12.2. The van der Waals surface area contributed by atoms with E-state index in [4.69, 9.17) is 9.47 Å². The smallest absolute Gasteiger partial charge is 0.350 e. The van der Waals surface area contributed by atoms with E-state index in [9.17, 15) is 13.2 Å². The van der Waals surface area contributed by atoms with E-state index in [1.54, 1.807) is 44.2 Å². The molecule has 2 aromatic heterocycles. The van der Waals surface area contributed by atoms with Crippen molar-refractivity contribution >= 4 is 49.9 Å². The molecule has 1 aromatic carbocycles. The number of hydrogen-bond acceptors (Lipinski definition) is 12. The van der Waals surface area contributed by atoms with E-state index in [2.05, 4.69) is 30.9 Å². The van der Waals surface area contributed by atoms with Crippen molar-refractivity contribution in [3.8, 4) is 0 Å². The van der Waals surface area contributed by atoms with Gasteiger partial charge < -0.3 is 20.1 Å². The zero-order chi connectivity index (χ0) is 27.0. The van der Waals surface area contributed by atoms with Crippen LogP contribution < -0.4 is 16.0 Å². The highest BCUT2D eigenvalue weighted by Gasteiger charge is 2.17. The minimum absolute atomic E-state index is 0.123. The van der Waals surface area contributed by atoms with Gasteiger partial charge in [-0.15, -0.1) is 0 Å². The molecule has 200 valence electrons. The van der Waals surface area contributed by atoms with Crippen LogP contribution in [0, 0.1) is 6.92 Å². The molecule has 0 aliphatic carbocycles. The van der Waals surface area contributed by atoms with Gasteiger partial charge in [0.25, 0.3) is 0 Å². The van der Waals surface area contributed by atoms with Crippen LogP contribution in [0.3, 0.4) is 0 Å². The number of carbonyl (C=O) groups is 1. The molecule has 3 N–H and O–H groups in total. The SMILES string of the molecule is CCOC(=O)c1sc(Nc2nc(NCCOC(C)C)cc(NCc3ccc(S(C)(=O)=O)cc3)n2)nc1C. The molecular weight excluding hydrogens is 516 g/mol. The van der Waals surface area contributed by atoms with Crippen molar-refractivity contribution < 1.29 is 22.7 Å². The summed E-state index contributed by atoms with van der Waals surface area (Å²) in [5.41, 5.74) is 1.44. The van der Waals surface area contributed by atoms with Gasteiger partial charge in [0.15, 0.2) is 15.0 Å². The Morgan fingerprint density at radius 2 is 1.76 bits per heavy atom. The number of benzene rings is 1. The first-order valence-electron chi connectivity index (χ1n) is 11.7. The van der Waals surface area contributed by atoms with Crippen LogP contribution in [-0.4, -0.2) is 61.5 Å². The molecule has 11 nitrogen and oxygen atoms in total. The van der Waals surface area contributed by atoms with Crippen molar-refractivity contribution in [1.82, 2.24) is 15.0 Å².